The number of ether oxygens (including phenoxy) is 2. The van der Waals surface area contributed by atoms with Gasteiger partial charge in [-0.15, -0.1) is 0 Å². The van der Waals surface area contributed by atoms with Crippen molar-refractivity contribution >= 4 is 29.7 Å². The largest absolute Gasteiger partial charge is 0.480 e. The summed E-state index contributed by atoms with van der Waals surface area (Å²) in [7, 11) is 0. The van der Waals surface area contributed by atoms with Gasteiger partial charge in [0.2, 0.25) is 11.8 Å². The van der Waals surface area contributed by atoms with Gasteiger partial charge in [-0.1, -0.05) is 0 Å². The molecule has 0 heterocycles. The summed E-state index contributed by atoms with van der Waals surface area (Å²) in [5.41, 5.74) is 4.10. The van der Waals surface area contributed by atoms with Gasteiger partial charge in [-0.3, -0.25) is 24.0 Å². The molecule has 0 saturated carbocycles. The minimum Gasteiger partial charge on any atom is -0.480 e. The average molecular weight is 417 g/mol. The molecule has 0 aromatic carbocycles. The number of nitrogens with one attached hydrogen (secondary N) is 2. The third kappa shape index (κ3) is 13.2. The van der Waals surface area contributed by atoms with Gasteiger partial charge in [0.1, 0.15) is 23.8 Å². The van der Waals surface area contributed by atoms with Crippen LogP contribution in [0.25, 0.3) is 0 Å². The van der Waals surface area contributed by atoms with Gasteiger partial charge in [-0.2, -0.15) is 0 Å². The molecule has 11 nitrogen and oxygen atoms in total. The Morgan fingerprint density at radius 3 is 1.72 bits per heavy atom. The summed E-state index contributed by atoms with van der Waals surface area (Å²) in [5.74, 6) is -4.58. The van der Waals surface area contributed by atoms with Gasteiger partial charge in [0, 0.05) is 0 Å². The lowest BCUT2D eigenvalue weighted by atomic mass is 10.1. The molecule has 29 heavy (non-hydrogen) atoms. The van der Waals surface area contributed by atoms with Crippen molar-refractivity contribution in [3.63, 3.8) is 0 Å². The first kappa shape index (κ1) is 26.3. The Bertz CT molecular complexity index is 634. The third-order valence-corrected chi connectivity index (χ3v) is 2.98. The van der Waals surface area contributed by atoms with Crippen LogP contribution in [0.2, 0.25) is 0 Å². The summed E-state index contributed by atoms with van der Waals surface area (Å²) in [6.45, 7) is 9.13. The number of carboxylic acid groups (broad SMARTS) is 1. The second-order valence-corrected chi connectivity index (χ2v) is 8.36. The van der Waals surface area contributed by atoms with E-state index >= 15 is 0 Å². The lowest BCUT2D eigenvalue weighted by molar-refractivity contribution is -0.158. The van der Waals surface area contributed by atoms with Crippen LogP contribution < -0.4 is 16.4 Å². The number of amides is 2. The summed E-state index contributed by atoms with van der Waals surface area (Å²) in [5, 5.41) is 13.0. The number of carbonyl (C=O) groups is 5. The Labute approximate surface area is 169 Å². The highest BCUT2D eigenvalue weighted by Gasteiger charge is 2.30. The van der Waals surface area contributed by atoms with Gasteiger partial charge < -0.3 is 30.9 Å². The minimum absolute atomic E-state index is 0.445. The monoisotopic (exact) mass is 417 g/mol. The number of rotatable bonds is 9. The zero-order valence-electron chi connectivity index (χ0n) is 17.7. The number of nitrogens with two attached hydrogens (primary N) is 1. The summed E-state index contributed by atoms with van der Waals surface area (Å²) in [6, 6.07) is -2.76. The van der Waals surface area contributed by atoms with E-state index in [-0.39, 0.29) is 0 Å². The van der Waals surface area contributed by atoms with Crippen LogP contribution in [0.15, 0.2) is 0 Å². The van der Waals surface area contributed by atoms with Crippen molar-refractivity contribution in [2.24, 2.45) is 5.73 Å². The van der Waals surface area contributed by atoms with Gasteiger partial charge >= 0.3 is 17.9 Å². The highest BCUT2D eigenvalue weighted by Crippen LogP contribution is 2.11. The Kier molecular flexibility index (Phi) is 9.75. The third-order valence-electron chi connectivity index (χ3n) is 2.98. The molecule has 5 N–H and O–H groups in total. The van der Waals surface area contributed by atoms with E-state index < -0.39 is 72.4 Å². The molecule has 0 saturated heterocycles. The van der Waals surface area contributed by atoms with E-state index in [0.717, 1.165) is 0 Å². The van der Waals surface area contributed by atoms with Gasteiger partial charge in [0.25, 0.3) is 0 Å². The molecule has 11 heteroatoms. The minimum atomic E-state index is -1.43. The van der Waals surface area contributed by atoms with Crippen LogP contribution in [0, 0.1) is 0 Å². The van der Waals surface area contributed by atoms with Crippen molar-refractivity contribution in [1.82, 2.24) is 10.6 Å². The lowest BCUT2D eigenvalue weighted by Crippen LogP contribution is -2.53. The van der Waals surface area contributed by atoms with Gasteiger partial charge in [-0.25, -0.2) is 0 Å². The predicted molar refractivity (Wildman–Crippen MR) is 101 cm³/mol. The fourth-order valence-electron chi connectivity index (χ4n) is 1.98. The molecule has 0 aliphatic heterocycles. The van der Waals surface area contributed by atoms with E-state index in [2.05, 4.69) is 10.6 Å². The maximum Gasteiger partial charge on any atom is 0.322 e. The SMILES string of the molecule is CC(C)(C)OC(=O)C[C@@H](N)C(=O)N[C@H](CC(=O)OC(C)(C)C)C(=O)NCC(=O)O. The highest BCUT2D eigenvalue weighted by atomic mass is 16.6. The van der Waals surface area contributed by atoms with Gasteiger partial charge in [0.05, 0.1) is 18.9 Å². The number of hydrogen-bond acceptors (Lipinski definition) is 8. The Morgan fingerprint density at radius 2 is 1.31 bits per heavy atom. The number of hydrogen-bond donors (Lipinski definition) is 4. The van der Waals surface area contributed by atoms with Crippen molar-refractivity contribution in [3.8, 4) is 0 Å². The molecule has 0 radical (unpaired) electrons. The van der Waals surface area contributed by atoms with E-state index in [0.29, 0.717) is 0 Å². The van der Waals surface area contributed by atoms with Crippen LogP contribution in [-0.4, -0.2) is 64.7 Å². The molecule has 0 spiro atoms. The number of aliphatic carboxylic acids is 1. The second kappa shape index (κ2) is 10.7. The van der Waals surface area contributed by atoms with Crippen molar-refractivity contribution in [2.75, 3.05) is 6.54 Å². The standard InChI is InChI=1S/C18H31N3O8/c1-17(2,3)28-13(24)7-10(19)15(26)21-11(16(27)20-9-12(22)23)8-14(25)29-18(4,5)6/h10-11H,7-9,19H2,1-6H3,(H,20,27)(H,21,26)(H,22,23)/t10-,11-/m1/s1. The Morgan fingerprint density at radius 1 is 0.862 bits per heavy atom. The first-order valence-electron chi connectivity index (χ1n) is 8.99. The zero-order chi connectivity index (χ0) is 23.0. The molecule has 2 atom stereocenters. The Balaban J connectivity index is 5.09. The van der Waals surface area contributed by atoms with Crippen LogP contribution in [0.4, 0.5) is 0 Å². The van der Waals surface area contributed by atoms with E-state index in [1.807, 2.05) is 0 Å². The smallest absolute Gasteiger partial charge is 0.322 e. The van der Waals surface area contributed by atoms with Gasteiger partial charge in [0.15, 0.2) is 0 Å². The topological polar surface area (TPSA) is 174 Å². The van der Waals surface area contributed by atoms with Crippen molar-refractivity contribution in [3.05, 3.63) is 0 Å². The molecule has 0 aliphatic carbocycles. The molecule has 166 valence electrons. The van der Waals surface area contributed by atoms with E-state index in [9.17, 15) is 24.0 Å². The van der Waals surface area contributed by atoms with Crippen LogP contribution in [0.5, 0.6) is 0 Å². The molecule has 0 aromatic heterocycles. The van der Waals surface area contributed by atoms with E-state index in [1.54, 1.807) is 41.5 Å². The van der Waals surface area contributed by atoms with Crippen molar-refractivity contribution in [2.45, 2.75) is 77.7 Å². The summed E-state index contributed by atoms with van der Waals surface area (Å²) >= 11 is 0. The molecule has 0 fully saturated rings. The van der Waals surface area contributed by atoms with E-state index in [1.165, 1.54) is 0 Å². The summed E-state index contributed by atoms with van der Waals surface area (Å²) < 4.78 is 10.2. The molecular weight excluding hydrogens is 386 g/mol. The normalized spacial score (nSPS) is 13.6. The second-order valence-electron chi connectivity index (χ2n) is 8.36. The molecule has 0 unspecified atom stereocenters. The zero-order valence-corrected chi connectivity index (χ0v) is 17.7. The quantitative estimate of drug-likeness (QED) is 0.359. The first-order valence-corrected chi connectivity index (χ1v) is 8.99. The average Bonchev–Trinajstić information content (AvgIpc) is 2.47. The van der Waals surface area contributed by atoms with Crippen molar-refractivity contribution in [1.29, 1.82) is 0 Å². The van der Waals surface area contributed by atoms with Gasteiger partial charge in [-0.05, 0) is 41.5 Å². The first-order chi connectivity index (χ1) is 13.0. The molecule has 0 rings (SSSR count). The molecule has 0 bridgehead atoms. The van der Waals surface area contributed by atoms with Crippen LogP contribution in [0.3, 0.4) is 0 Å². The molecule has 0 aromatic rings. The number of carbonyl (C=O) groups excluding carboxylic acids is 4. The number of carboxylic acids is 1. The maximum absolute atomic E-state index is 12.3. The highest BCUT2D eigenvalue weighted by molar-refractivity contribution is 5.94. The summed E-state index contributed by atoms with van der Waals surface area (Å²) in [6.07, 6.45) is -0.993. The van der Waals surface area contributed by atoms with Crippen molar-refractivity contribution < 1.29 is 38.6 Å². The Hall–Kier alpha value is -2.69. The predicted octanol–water partition coefficient (Wildman–Crippen LogP) is -0.537. The fourth-order valence-corrected chi connectivity index (χ4v) is 1.98. The van der Waals surface area contributed by atoms with Crippen LogP contribution in [0.1, 0.15) is 54.4 Å². The number of esters is 2. The fraction of sp³-hybridized carbons (Fsp3) is 0.722. The molecule has 2 amide bonds. The van der Waals surface area contributed by atoms with Crippen LogP contribution in [-0.2, 0) is 33.4 Å². The molecule has 0 aliphatic rings. The lowest BCUT2D eigenvalue weighted by Gasteiger charge is -2.24. The van der Waals surface area contributed by atoms with E-state index in [4.69, 9.17) is 20.3 Å². The maximum atomic E-state index is 12.3. The summed E-state index contributed by atoms with van der Waals surface area (Å²) in [4.78, 5) is 58.9. The molecular formula is C18H31N3O8. The van der Waals surface area contributed by atoms with Crippen LogP contribution >= 0.6 is 0 Å².